The minimum Gasteiger partial charge on any atom is -0.463 e. The Morgan fingerprint density at radius 1 is 1.38 bits per heavy atom. The Hall–Kier alpha value is -0.570. The minimum atomic E-state index is -0.484. The van der Waals surface area contributed by atoms with Crippen molar-refractivity contribution in [3.05, 3.63) is 0 Å². The number of ether oxygens (including phenoxy) is 1. The van der Waals surface area contributed by atoms with Crippen LogP contribution in [0, 0.1) is 0 Å². The quantitative estimate of drug-likeness (QED) is 0.490. The van der Waals surface area contributed by atoms with E-state index in [0.29, 0.717) is 6.42 Å². The van der Waals surface area contributed by atoms with Crippen LogP contribution in [0.4, 0.5) is 0 Å². The van der Waals surface area contributed by atoms with Crippen molar-refractivity contribution in [2.45, 2.75) is 52.1 Å². The van der Waals surface area contributed by atoms with Gasteiger partial charge in [0.1, 0.15) is 6.61 Å². The number of rotatable bonds is 7. The van der Waals surface area contributed by atoms with Crippen molar-refractivity contribution in [2.75, 3.05) is 6.61 Å². The van der Waals surface area contributed by atoms with Gasteiger partial charge in [0.05, 0.1) is 6.10 Å². The average molecular weight is 188 g/mol. The Bertz CT molecular complexity index is 134. The Labute approximate surface area is 80.1 Å². The molecule has 0 amide bonds. The fourth-order valence-electron chi connectivity index (χ4n) is 1.00. The molecule has 3 nitrogen and oxygen atoms in total. The summed E-state index contributed by atoms with van der Waals surface area (Å²) in [6.07, 6.45) is 3.88. The second kappa shape index (κ2) is 8.05. The summed E-state index contributed by atoms with van der Waals surface area (Å²) in [5.74, 6) is -0.241. The van der Waals surface area contributed by atoms with Crippen molar-refractivity contribution >= 4 is 5.97 Å². The summed E-state index contributed by atoms with van der Waals surface area (Å²) in [5.41, 5.74) is 0. The predicted octanol–water partition coefficient (Wildman–Crippen LogP) is 1.88. The molecule has 0 rings (SSSR count). The molecular formula is C10H20O3. The summed E-state index contributed by atoms with van der Waals surface area (Å²) in [6.45, 7) is 4.01. The SMILES string of the molecule is CCCCCC(O)COC(=O)CC. The van der Waals surface area contributed by atoms with Crippen LogP contribution in [-0.2, 0) is 9.53 Å². The third kappa shape index (κ3) is 7.78. The van der Waals surface area contributed by atoms with Gasteiger partial charge in [-0.2, -0.15) is 0 Å². The van der Waals surface area contributed by atoms with Gasteiger partial charge in [-0.05, 0) is 6.42 Å². The van der Waals surface area contributed by atoms with E-state index in [2.05, 4.69) is 6.92 Å². The third-order valence-electron chi connectivity index (χ3n) is 1.87. The number of carbonyl (C=O) groups excluding carboxylic acids is 1. The van der Waals surface area contributed by atoms with Crippen molar-refractivity contribution in [1.29, 1.82) is 0 Å². The number of esters is 1. The Morgan fingerprint density at radius 2 is 2.08 bits per heavy atom. The number of hydrogen-bond acceptors (Lipinski definition) is 3. The molecule has 0 aromatic carbocycles. The van der Waals surface area contributed by atoms with E-state index in [1.165, 1.54) is 0 Å². The number of hydrogen-bond donors (Lipinski definition) is 1. The van der Waals surface area contributed by atoms with E-state index in [4.69, 9.17) is 4.74 Å². The molecule has 1 N–H and O–H groups in total. The van der Waals surface area contributed by atoms with Crippen molar-refractivity contribution in [3.63, 3.8) is 0 Å². The van der Waals surface area contributed by atoms with Crippen LogP contribution in [0.3, 0.4) is 0 Å². The maximum Gasteiger partial charge on any atom is 0.305 e. The first kappa shape index (κ1) is 12.4. The van der Waals surface area contributed by atoms with Crippen molar-refractivity contribution < 1.29 is 14.6 Å². The number of aliphatic hydroxyl groups is 1. The van der Waals surface area contributed by atoms with Crippen LogP contribution in [0.2, 0.25) is 0 Å². The molecule has 1 unspecified atom stereocenters. The molecule has 0 aromatic heterocycles. The van der Waals surface area contributed by atoms with Crippen LogP contribution in [0.5, 0.6) is 0 Å². The van der Waals surface area contributed by atoms with E-state index in [0.717, 1.165) is 25.7 Å². The van der Waals surface area contributed by atoms with Gasteiger partial charge in [-0.3, -0.25) is 4.79 Å². The Kier molecular flexibility index (Phi) is 7.69. The fraction of sp³-hybridized carbons (Fsp3) is 0.900. The lowest BCUT2D eigenvalue weighted by atomic mass is 10.1. The average Bonchev–Trinajstić information content (AvgIpc) is 2.14. The highest BCUT2D eigenvalue weighted by Gasteiger charge is 2.06. The van der Waals surface area contributed by atoms with Gasteiger partial charge in [-0.15, -0.1) is 0 Å². The lowest BCUT2D eigenvalue weighted by Crippen LogP contribution is -2.17. The van der Waals surface area contributed by atoms with Gasteiger partial charge in [0, 0.05) is 6.42 Å². The van der Waals surface area contributed by atoms with E-state index in [1.807, 2.05) is 0 Å². The molecule has 13 heavy (non-hydrogen) atoms. The molecule has 0 spiro atoms. The van der Waals surface area contributed by atoms with Crippen LogP contribution in [-0.4, -0.2) is 23.8 Å². The molecule has 0 saturated carbocycles. The zero-order chi connectivity index (χ0) is 10.1. The number of carbonyl (C=O) groups is 1. The highest BCUT2D eigenvalue weighted by atomic mass is 16.5. The number of unbranched alkanes of at least 4 members (excludes halogenated alkanes) is 2. The molecular weight excluding hydrogens is 168 g/mol. The van der Waals surface area contributed by atoms with Crippen molar-refractivity contribution in [3.8, 4) is 0 Å². The summed E-state index contributed by atoms with van der Waals surface area (Å²) in [7, 11) is 0. The van der Waals surface area contributed by atoms with Crippen LogP contribution >= 0.6 is 0 Å². The van der Waals surface area contributed by atoms with Gasteiger partial charge >= 0.3 is 5.97 Å². The van der Waals surface area contributed by atoms with Crippen LogP contribution < -0.4 is 0 Å². The molecule has 0 heterocycles. The van der Waals surface area contributed by atoms with Crippen molar-refractivity contribution in [1.82, 2.24) is 0 Å². The smallest absolute Gasteiger partial charge is 0.305 e. The molecule has 0 aliphatic rings. The molecule has 0 bridgehead atoms. The van der Waals surface area contributed by atoms with E-state index in [-0.39, 0.29) is 12.6 Å². The maximum absolute atomic E-state index is 10.7. The van der Waals surface area contributed by atoms with E-state index in [1.54, 1.807) is 6.92 Å². The third-order valence-corrected chi connectivity index (χ3v) is 1.87. The second-order valence-corrected chi connectivity index (χ2v) is 3.19. The first-order chi connectivity index (χ1) is 6.20. The summed E-state index contributed by atoms with van der Waals surface area (Å²) in [5, 5.41) is 9.34. The monoisotopic (exact) mass is 188 g/mol. The van der Waals surface area contributed by atoms with Gasteiger partial charge in [-0.25, -0.2) is 0 Å². The normalized spacial score (nSPS) is 12.5. The standard InChI is InChI=1S/C10H20O3/c1-3-5-6-7-9(11)8-13-10(12)4-2/h9,11H,3-8H2,1-2H3. The summed E-state index contributed by atoms with van der Waals surface area (Å²) in [4.78, 5) is 10.7. The molecule has 1 atom stereocenters. The first-order valence-corrected chi connectivity index (χ1v) is 5.04. The largest absolute Gasteiger partial charge is 0.463 e. The van der Waals surface area contributed by atoms with Crippen LogP contribution in [0.1, 0.15) is 46.0 Å². The molecule has 0 aliphatic carbocycles. The summed E-state index contributed by atoms with van der Waals surface area (Å²) >= 11 is 0. The van der Waals surface area contributed by atoms with Crippen LogP contribution in [0.25, 0.3) is 0 Å². The maximum atomic E-state index is 10.7. The van der Waals surface area contributed by atoms with Crippen LogP contribution in [0.15, 0.2) is 0 Å². The molecule has 0 aliphatic heterocycles. The van der Waals surface area contributed by atoms with Gasteiger partial charge < -0.3 is 9.84 Å². The Balaban J connectivity index is 3.29. The molecule has 0 aromatic rings. The van der Waals surface area contributed by atoms with Crippen molar-refractivity contribution in [2.24, 2.45) is 0 Å². The van der Waals surface area contributed by atoms with Gasteiger partial charge in [0.2, 0.25) is 0 Å². The summed E-state index contributed by atoms with van der Waals surface area (Å²) in [6, 6.07) is 0. The van der Waals surface area contributed by atoms with Gasteiger partial charge in [0.15, 0.2) is 0 Å². The summed E-state index contributed by atoms with van der Waals surface area (Å²) < 4.78 is 4.79. The predicted molar refractivity (Wildman–Crippen MR) is 51.4 cm³/mol. The minimum absolute atomic E-state index is 0.149. The second-order valence-electron chi connectivity index (χ2n) is 3.19. The van der Waals surface area contributed by atoms with Gasteiger partial charge in [0.25, 0.3) is 0 Å². The first-order valence-electron chi connectivity index (χ1n) is 5.04. The molecule has 78 valence electrons. The molecule has 3 heteroatoms. The highest BCUT2D eigenvalue weighted by molar-refractivity contribution is 5.68. The highest BCUT2D eigenvalue weighted by Crippen LogP contribution is 2.03. The van der Waals surface area contributed by atoms with E-state index < -0.39 is 6.10 Å². The van der Waals surface area contributed by atoms with Gasteiger partial charge in [-0.1, -0.05) is 33.1 Å². The molecule has 0 fully saturated rings. The van der Waals surface area contributed by atoms with E-state index >= 15 is 0 Å². The zero-order valence-corrected chi connectivity index (χ0v) is 8.58. The number of aliphatic hydroxyl groups excluding tert-OH is 1. The lowest BCUT2D eigenvalue weighted by Gasteiger charge is -2.10. The lowest BCUT2D eigenvalue weighted by molar-refractivity contribution is -0.146. The van der Waals surface area contributed by atoms with E-state index in [9.17, 15) is 9.90 Å². The Morgan fingerprint density at radius 3 is 2.62 bits per heavy atom. The zero-order valence-electron chi connectivity index (χ0n) is 8.58. The topological polar surface area (TPSA) is 46.5 Å². The molecule has 0 saturated heterocycles. The molecule has 0 radical (unpaired) electrons. The fourth-order valence-corrected chi connectivity index (χ4v) is 1.00.